The third-order valence-corrected chi connectivity index (χ3v) is 4.90. The number of hydrogen-bond donors (Lipinski definition) is 0. The largest absolute Gasteiger partial charge is 0.489 e. The fourth-order valence-electron chi connectivity index (χ4n) is 3.68. The van der Waals surface area contributed by atoms with E-state index >= 15 is 0 Å². The van der Waals surface area contributed by atoms with Gasteiger partial charge in [-0.25, -0.2) is 9.97 Å². The van der Waals surface area contributed by atoms with Crippen LogP contribution in [0.1, 0.15) is 17.0 Å². The molecule has 26 heavy (non-hydrogen) atoms. The third-order valence-electron chi connectivity index (χ3n) is 4.90. The van der Waals surface area contributed by atoms with Gasteiger partial charge in [0.1, 0.15) is 18.7 Å². The van der Waals surface area contributed by atoms with E-state index in [0.717, 1.165) is 56.4 Å². The molecule has 0 bridgehead atoms. The number of aromatic nitrogens is 2. The van der Waals surface area contributed by atoms with Gasteiger partial charge in [0.05, 0.1) is 13.2 Å². The van der Waals surface area contributed by atoms with Crippen molar-refractivity contribution in [2.75, 3.05) is 39.5 Å². The molecule has 136 valence electrons. The van der Waals surface area contributed by atoms with Gasteiger partial charge in [-0.2, -0.15) is 0 Å². The first-order valence-corrected chi connectivity index (χ1v) is 9.25. The zero-order valence-electron chi connectivity index (χ0n) is 15.2. The molecule has 3 heterocycles. The van der Waals surface area contributed by atoms with Gasteiger partial charge in [-0.1, -0.05) is 18.2 Å². The average molecular weight is 351 g/mol. The molecule has 1 fully saturated rings. The molecule has 0 unspecified atom stereocenters. The topological polar surface area (TPSA) is 47.5 Å². The molecule has 1 aromatic carbocycles. The Labute approximate surface area is 154 Å². The van der Waals surface area contributed by atoms with Crippen LogP contribution in [0.4, 0.5) is 0 Å². The molecule has 5 nitrogen and oxygen atoms in total. The summed E-state index contributed by atoms with van der Waals surface area (Å²) < 4.78 is 11.8. The molecule has 2 aromatic rings. The first-order valence-electron chi connectivity index (χ1n) is 9.25. The van der Waals surface area contributed by atoms with Gasteiger partial charge in [0, 0.05) is 42.5 Å². The maximum Gasteiger partial charge on any atom is 0.127 e. The number of hydrogen-bond acceptors (Lipinski definition) is 5. The smallest absolute Gasteiger partial charge is 0.127 e. The molecule has 2 aliphatic rings. The van der Waals surface area contributed by atoms with Crippen molar-refractivity contribution in [3.63, 3.8) is 0 Å². The third kappa shape index (κ3) is 4.29. The van der Waals surface area contributed by atoms with E-state index < -0.39 is 0 Å². The highest BCUT2D eigenvalue weighted by atomic mass is 16.5. The molecule has 2 aliphatic heterocycles. The Morgan fingerprint density at radius 3 is 3.08 bits per heavy atom. The molecule has 4 rings (SSSR count). The highest BCUT2D eigenvalue weighted by molar-refractivity contribution is 5.62. The predicted molar refractivity (Wildman–Crippen MR) is 101 cm³/mol. The molecule has 0 radical (unpaired) electrons. The molecule has 5 heteroatoms. The number of para-hydroxylation sites is 1. The Morgan fingerprint density at radius 1 is 1.23 bits per heavy atom. The summed E-state index contributed by atoms with van der Waals surface area (Å²) in [5.41, 5.74) is 4.61. The highest BCUT2D eigenvalue weighted by Gasteiger charge is 2.21. The Kier molecular flexibility index (Phi) is 5.27. The van der Waals surface area contributed by atoms with Crippen LogP contribution < -0.4 is 4.74 Å². The molecule has 0 aliphatic carbocycles. The minimum atomic E-state index is 0.448. The van der Waals surface area contributed by atoms with Gasteiger partial charge in [0.2, 0.25) is 0 Å². The van der Waals surface area contributed by atoms with Crippen molar-refractivity contribution in [1.82, 2.24) is 14.9 Å². The van der Waals surface area contributed by atoms with E-state index in [2.05, 4.69) is 39.1 Å². The normalized spacial score (nSPS) is 20.7. The van der Waals surface area contributed by atoms with Crippen LogP contribution in [0, 0.1) is 12.8 Å². The number of fused-ring (bicyclic) bond motifs is 1. The Hall–Kier alpha value is -2.24. The van der Waals surface area contributed by atoms with Crippen molar-refractivity contribution in [2.24, 2.45) is 5.92 Å². The van der Waals surface area contributed by atoms with E-state index in [9.17, 15) is 0 Å². The predicted octanol–water partition coefficient (Wildman–Crippen LogP) is 2.75. The Bertz CT molecular complexity index is 790. The minimum Gasteiger partial charge on any atom is -0.489 e. The number of ether oxygens (including phenoxy) is 2. The van der Waals surface area contributed by atoms with E-state index in [1.807, 2.05) is 19.1 Å². The van der Waals surface area contributed by atoms with E-state index in [4.69, 9.17) is 9.47 Å². The van der Waals surface area contributed by atoms with Crippen LogP contribution >= 0.6 is 0 Å². The van der Waals surface area contributed by atoms with Crippen LogP contribution in [0.15, 0.2) is 42.2 Å². The molecular formula is C21H25N3O2. The van der Waals surface area contributed by atoms with Crippen molar-refractivity contribution >= 4 is 6.08 Å². The van der Waals surface area contributed by atoms with Gasteiger partial charge in [0.25, 0.3) is 0 Å². The molecule has 1 atom stereocenters. The lowest BCUT2D eigenvalue weighted by atomic mass is 10.0. The lowest BCUT2D eigenvalue weighted by Crippen LogP contribution is -2.34. The summed E-state index contributed by atoms with van der Waals surface area (Å²) in [6.45, 7) is 7.15. The fourth-order valence-corrected chi connectivity index (χ4v) is 3.68. The van der Waals surface area contributed by atoms with Gasteiger partial charge < -0.3 is 9.47 Å². The summed E-state index contributed by atoms with van der Waals surface area (Å²) in [6.07, 6.45) is 4.85. The number of rotatable bonds is 4. The first-order chi connectivity index (χ1) is 12.8. The van der Waals surface area contributed by atoms with Crippen LogP contribution in [0.2, 0.25) is 0 Å². The zero-order chi connectivity index (χ0) is 17.8. The second kappa shape index (κ2) is 7.98. The average Bonchev–Trinajstić information content (AvgIpc) is 2.86. The van der Waals surface area contributed by atoms with E-state index in [0.29, 0.717) is 12.5 Å². The summed E-state index contributed by atoms with van der Waals surface area (Å²) in [4.78, 5) is 11.1. The quantitative estimate of drug-likeness (QED) is 0.848. The summed E-state index contributed by atoms with van der Waals surface area (Å²) in [7, 11) is 0. The van der Waals surface area contributed by atoms with Crippen LogP contribution in [0.3, 0.4) is 0 Å². The molecule has 1 aromatic heterocycles. The van der Waals surface area contributed by atoms with Gasteiger partial charge in [-0.15, -0.1) is 0 Å². The second-order valence-corrected chi connectivity index (χ2v) is 7.16. The SMILES string of the molecule is Cc1cc(C[C@H]2COCCN(CC3=Cc4ccccc4OC3)C2)ncn1. The van der Waals surface area contributed by atoms with Gasteiger partial charge in [-0.05, 0) is 37.1 Å². The molecule has 0 spiro atoms. The van der Waals surface area contributed by atoms with E-state index in [1.54, 1.807) is 6.33 Å². The Morgan fingerprint density at radius 2 is 2.15 bits per heavy atom. The lowest BCUT2D eigenvalue weighted by molar-refractivity contribution is 0.122. The molecule has 0 amide bonds. The number of aryl methyl sites for hydroxylation is 1. The Balaban J connectivity index is 1.41. The summed E-state index contributed by atoms with van der Waals surface area (Å²) in [6, 6.07) is 10.3. The zero-order valence-corrected chi connectivity index (χ0v) is 15.2. The van der Waals surface area contributed by atoms with Crippen LogP contribution in [-0.2, 0) is 11.2 Å². The molecule has 1 saturated heterocycles. The second-order valence-electron chi connectivity index (χ2n) is 7.16. The molecular weight excluding hydrogens is 326 g/mol. The van der Waals surface area contributed by atoms with Crippen LogP contribution in [0.5, 0.6) is 5.75 Å². The summed E-state index contributed by atoms with van der Waals surface area (Å²) >= 11 is 0. The van der Waals surface area contributed by atoms with E-state index in [1.165, 1.54) is 11.1 Å². The number of nitrogens with zero attached hydrogens (tertiary/aromatic N) is 3. The van der Waals surface area contributed by atoms with Crippen molar-refractivity contribution in [1.29, 1.82) is 0 Å². The van der Waals surface area contributed by atoms with Crippen molar-refractivity contribution in [3.05, 3.63) is 59.2 Å². The van der Waals surface area contributed by atoms with Gasteiger partial charge in [0.15, 0.2) is 0 Å². The monoisotopic (exact) mass is 351 g/mol. The molecule has 0 saturated carbocycles. The summed E-state index contributed by atoms with van der Waals surface area (Å²) in [5.74, 6) is 1.43. The highest BCUT2D eigenvalue weighted by Crippen LogP contribution is 2.26. The van der Waals surface area contributed by atoms with Crippen molar-refractivity contribution < 1.29 is 9.47 Å². The van der Waals surface area contributed by atoms with Gasteiger partial charge >= 0.3 is 0 Å². The van der Waals surface area contributed by atoms with Crippen molar-refractivity contribution in [3.8, 4) is 5.75 Å². The van der Waals surface area contributed by atoms with Crippen LogP contribution in [-0.4, -0.2) is 54.3 Å². The first kappa shape index (κ1) is 17.2. The molecule has 0 N–H and O–H groups in total. The van der Waals surface area contributed by atoms with E-state index in [-0.39, 0.29) is 0 Å². The van der Waals surface area contributed by atoms with Crippen LogP contribution in [0.25, 0.3) is 6.08 Å². The lowest BCUT2D eigenvalue weighted by Gasteiger charge is -2.26. The van der Waals surface area contributed by atoms with Crippen molar-refractivity contribution in [2.45, 2.75) is 13.3 Å². The number of benzene rings is 1. The minimum absolute atomic E-state index is 0.448. The standard InChI is InChI=1S/C21H25N3O2/c1-16-8-20(23-15-22-16)10-18-12-24(6-7-25-13-18)11-17-9-19-4-2-3-5-21(19)26-14-17/h2-5,8-9,15,18H,6-7,10-14H2,1H3/t18-/m1/s1. The summed E-state index contributed by atoms with van der Waals surface area (Å²) in [5, 5.41) is 0. The maximum atomic E-state index is 5.90. The maximum absolute atomic E-state index is 5.90. The van der Waals surface area contributed by atoms with Gasteiger partial charge in [-0.3, -0.25) is 4.90 Å². The fraction of sp³-hybridized carbons (Fsp3) is 0.429.